The molecule has 0 amide bonds. The van der Waals surface area contributed by atoms with E-state index in [0.717, 1.165) is 37.8 Å². The van der Waals surface area contributed by atoms with Gasteiger partial charge in [-0.2, -0.15) is 0 Å². The zero-order chi connectivity index (χ0) is 14.5. The standard InChI is InChI=1S/C17H24N2OS/c21-17(18-13-14-5-2-1-3-6-14)15-7-4-8-16(15)19-9-11-20-12-10-19/h1-3,5-6,15-16H,4,7-13H2,(H,18,21)/t15-,16+/m1/s1. The number of morpholine rings is 1. The van der Waals surface area contributed by atoms with E-state index in [4.69, 9.17) is 17.0 Å². The maximum Gasteiger partial charge on any atom is 0.0803 e. The molecule has 0 bridgehead atoms. The van der Waals surface area contributed by atoms with E-state index >= 15 is 0 Å². The Morgan fingerprint density at radius 1 is 1.19 bits per heavy atom. The Morgan fingerprint density at radius 2 is 1.95 bits per heavy atom. The molecule has 114 valence electrons. The van der Waals surface area contributed by atoms with Gasteiger partial charge in [-0.05, 0) is 18.4 Å². The number of rotatable bonds is 4. The number of hydrogen-bond acceptors (Lipinski definition) is 3. The van der Waals surface area contributed by atoms with Crippen molar-refractivity contribution in [2.24, 2.45) is 5.92 Å². The number of nitrogens with zero attached hydrogens (tertiary/aromatic N) is 1. The van der Waals surface area contributed by atoms with Crippen molar-refractivity contribution in [2.75, 3.05) is 26.3 Å². The Labute approximate surface area is 132 Å². The summed E-state index contributed by atoms with van der Waals surface area (Å²) >= 11 is 5.69. The van der Waals surface area contributed by atoms with Crippen LogP contribution in [0.1, 0.15) is 24.8 Å². The minimum atomic E-state index is 0.516. The molecule has 1 aromatic carbocycles. The van der Waals surface area contributed by atoms with Crippen molar-refractivity contribution in [1.82, 2.24) is 10.2 Å². The van der Waals surface area contributed by atoms with E-state index in [1.54, 1.807) is 0 Å². The molecule has 0 radical (unpaired) electrons. The fourth-order valence-electron chi connectivity index (χ4n) is 3.51. The second kappa shape index (κ2) is 7.34. The van der Waals surface area contributed by atoms with Crippen LogP contribution < -0.4 is 5.32 Å². The smallest absolute Gasteiger partial charge is 0.0803 e. The summed E-state index contributed by atoms with van der Waals surface area (Å²) in [5.74, 6) is 0.516. The normalized spacial score (nSPS) is 26.7. The van der Waals surface area contributed by atoms with E-state index in [-0.39, 0.29) is 0 Å². The second-order valence-electron chi connectivity index (χ2n) is 5.96. The van der Waals surface area contributed by atoms with Crippen molar-refractivity contribution in [3.8, 4) is 0 Å². The highest BCUT2D eigenvalue weighted by Crippen LogP contribution is 2.31. The summed E-state index contributed by atoms with van der Waals surface area (Å²) in [6.45, 7) is 4.69. The highest BCUT2D eigenvalue weighted by Gasteiger charge is 2.35. The fraction of sp³-hybridized carbons (Fsp3) is 0.588. The lowest BCUT2D eigenvalue weighted by Gasteiger charge is -2.36. The Bertz CT molecular complexity index is 459. The van der Waals surface area contributed by atoms with E-state index in [2.05, 4.69) is 34.5 Å². The van der Waals surface area contributed by atoms with Gasteiger partial charge >= 0.3 is 0 Å². The first-order valence-corrected chi connectivity index (χ1v) is 8.39. The van der Waals surface area contributed by atoms with E-state index < -0.39 is 0 Å². The third kappa shape index (κ3) is 3.82. The van der Waals surface area contributed by atoms with Crippen LogP contribution in [-0.2, 0) is 11.3 Å². The molecule has 21 heavy (non-hydrogen) atoms. The topological polar surface area (TPSA) is 24.5 Å². The SMILES string of the molecule is S=C(NCc1ccccc1)[C@@H]1CCC[C@@H]1N1CCOCC1. The molecule has 0 spiro atoms. The summed E-state index contributed by atoms with van der Waals surface area (Å²) in [5, 5.41) is 3.48. The van der Waals surface area contributed by atoms with Gasteiger partial charge in [0.05, 0.1) is 18.2 Å². The van der Waals surface area contributed by atoms with Gasteiger partial charge in [-0.3, -0.25) is 4.90 Å². The van der Waals surface area contributed by atoms with Crippen LogP contribution in [0.2, 0.25) is 0 Å². The van der Waals surface area contributed by atoms with Gasteiger partial charge < -0.3 is 10.1 Å². The van der Waals surface area contributed by atoms with Gasteiger partial charge in [-0.15, -0.1) is 0 Å². The van der Waals surface area contributed by atoms with Gasteiger partial charge in [-0.1, -0.05) is 49.0 Å². The zero-order valence-corrected chi connectivity index (χ0v) is 13.3. The minimum absolute atomic E-state index is 0.516. The first kappa shape index (κ1) is 14.9. The predicted octanol–water partition coefficient (Wildman–Crippen LogP) is 2.60. The lowest BCUT2D eigenvalue weighted by molar-refractivity contribution is 0.0135. The third-order valence-corrected chi connectivity index (χ3v) is 5.09. The van der Waals surface area contributed by atoms with Crippen molar-refractivity contribution < 1.29 is 4.74 Å². The van der Waals surface area contributed by atoms with Crippen LogP contribution in [0, 0.1) is 5.92 Å². The highest BCUT2D eigenvalue weighted by molar-refractivity contribution is 7.80. The van der Waals surface area contributed by atoms with Crippen LogP contribution in [0.25, 0.3) is 0 Å². The Balaban J connectivity index is 1.55. The first-order valence-electron chi connectivity index (χ1n) is 7.98. The van der Waals surface area contributed by atoms with Gasteiger partial charge in [0.2, 0.25) is 0 Å². The van der Waals surface area contributed by atoms with Crippen LogP contribution >= 0.6 is 12.2 Å². The van der Waals surface area contributed by atoms with Crippen molar-refractivity contribution in [3.05, 3.63) is 35.9 Å². The van der Waals surface area contributed by atoms with Crippen LogP contribution in [0.5, 0.6) is 0 Å². The second-order valence-corrected chi connectivity index (χ2v) is 6.40. The zero-order valence-electron chi connectivity index (χ0n) is 12.5. The molecule has 2 aliphatic rings. The van der Waals surface area contributed by atoms with Crippen LogP contribution in [0.3, 0.4) is 0 Å². The Hall–Kier alpha value is -0.970. The molecule has 1 aliphatic heterocycles. The quantitative estimate of drug-likeness (QED) is 0.864. The molecule has 0 unspecified atom stereocenters. The number of hydrogen-bond donors (Lipinski definition) is 1. The van der Waals surface area contributed by atoms with Crippen LogP contribution in [0.15, 0.2) is 30.3 Å². The molecule has 1 heterocycles. The molecular formula is C17H24N2OS. The van der Waals surface area contributed by atoms with E-state index in [0.29, 0.717) is 12.0 Å². The molecule has 4 heteroatoms. The molecule has 1 saturated heterocycles. The molecular weight excluding hydrogens is 280 g/mol. The first-order chi connectivity index (χ1) is 10.3. The van der Waals surface area contributed by atoms with E-state index in [1.807, 2.05) is 6.07 Å². The lowest BCUT2D eigenvalue weighted by Crippen LogP contribution is -2.48. The fourth-order valence-corrected chi connectivity index (χ4v) is 3.86. The Morgan fingerprint density at radius 3 is 2.71 bits per heavy atom. The summed E-state index contributed by atoms with van der Waals surface area (Å²) in [6.07, 6.45) is 3.79. The molecule has 1 N–H and O–H groups in total. The van der Waals surface area contributed by atoms with Gasteiger partial charge in [-0.25, -0.2) is 0 Å². The summed E-state index contributed by atoms with van der Waals surface area (Å²) in [6, 6.07) is 11.1. The summed E-state index contributed by atoms with van der Waals surface area (Å²) in [5.41, 5.74) is 1.29. The van der Waals surface area contributed by atoms with E-state index in [1.165, 1.54) is 24.8 Å². The average Bonchev–Trinajstić information content (AvgIpc) is 3.04. The van der Waals surface area contributed by atoms with Crippen LogP contribution in [0.4, 0.5) is 0 Å². The molecule has 1 aliphatic carbocycles. The molecule has 0 aromatic heterocycles. The predicted molar refractivity (Wildman–Crippen MR) is 89.4 cm³/mol. The number of thiocarbonyl (C=S) groups is 1. The maximum atomic E-state index is 5.69. The summed E-state index contributed by atoms with van der Waals surface area (Å²) in [7, 11) is 0. The Kier molecular flexibility index (Phi) is 5.22. The van der Waals surface area contributed by atoms with Crippen molar-refractivity contribution >= 4 is 17.2 Å². The largest absolute Gasteiger partial charge is 0.379 e. The highest BCUT2D eigenvalue weighted by atomic mass is 32.1. The average molecular weight is 304 g/mol. The molecule has 2 fully saturated rings. The number of benzene rings is 1. The molecule has 2 atom stereocenters. The van der Waals surface area contributed by atoms with E-state index in [9.17, 15) is 0 Å². The van der Waals surface area contributed by atoms with Gasteiger partial charge in [0.15, 0.2) is 0 Å². The van der Waals surface area contributed by atoms with Crippen molar-refractivity contribution in [1.29, 1.82) is 0 Å². The monoisotopic (exact) mass is 304 g/mol. The van der Waals surface area contributed by atoms with Gasteiger partial charge in [0.1, 0.15) is 0 Å². The lowest BCUT2D eigenvalue weighted by atomic mass is 10.0. The van der Waals surface area contributed by atoms with Gasteiger partial charge in [0, 0.05) is 31.6 Å². The molecule has 3 nitrogen and oxygen atoms in total. The van der Waals surface area contributed by atoms with Crippen molar-refractivity contribution in [2.45, 2.75) is 31.8 Å². The summed E-state index contributed by atoms with van der Waals surface area (Å²) in [4.78, 5) is 3.63. The maximum absolute atomic E-state index is 5.69. The van der Waals surface area contributed by atoms with Gasteiger partial charge in [0.25, 0.3) is 0 Å². The third-order valence-electron chi connectivity index (χ3n) is 4.64. The minimum Gasteiger partial charge on any atom is -0.379 e. The number of ether oxygens (including phenoxy) is 1. The molecule has 3 rings (SSSR count). The summed E-state index contributed by atoms with van der Waals surface area (Å²) < 4.78 is 5.47. The number of nitrogens with one attached hydrogen (secondary N) is 1. The van der Waals surface area contributed by atoms with Crippen molar-refractivity contribution in [3.63, 3.8) is 0 Å². The molecule has 1 saturated carbocycles. The molecule has 1 aromatic rings. The van der Waals surface area contributed by atoms with Crippen LogP contribution in [-0.4, -0.2) is 42.2 Å².